The van der Waals surface area contributed by atoms with Gasteiger partial charge in [0.15, 0.2) is 0 Å². The number of hydrogen-bond acceptors (Lipinski definition) is 5. The number of rotatable bonds is 1. The lowest BCUT2D eigenvalue weighted by molar-refractivity contribution is -0.00764. The maximum absolute atomic E-state index is 10.9. The number of H-pyrrole nitrogens is 1. The molecule has 4 atom stereocenters. The van der Waals surface area contributed by atoms with Crippen LogP contribution in [-0.4, -0.2) is 51.5 Å². The van der Waals surface area contributed by atoms with Crippen LogP contribution in [0.25, 0.3) is 11.0 Å². The molecule has 6 rings (SSSR count). The summed E-state index contributed by atoms with van der Waals surface area (Å²) < 4.78 is 6.32. The van der Waals surface area contributed by atoms with E-state index in [-0.39, 0.29) is 12.5 Å². The first-order valence-electron chi connectivity index (χ1n) is 11.0. The van der Waals surface area contributed by atoms with Gasteiger partial charge < -0.3 is 19.7 Å². The maximum Gasteiger partial charge on any atom is 0.471 e. The summed E-state index contributed by atoms with van der Waals surface area (Å²) in [6, 6.07) is 2.12. The van der Waals surface area contributed by atoms with E-state index >= 15 is 0 Å². The molecule has 29 heavy (non-hydrogen) atoms. The summed E-state index contributed by atoms with van der Waals surface area (Å²) in [6.07, 6.45) is 7.74. The van der Waals surface area contributed by atoms with Crippen molar-refractivity contribution in [2.75, 3.05) is 13.2 Å². The number of nitrogens with zero attached hydrogens (tertiary/aromatic N) is 3. The lowest BCUT2D eigenvalue weighted by Crippen LogP contribution is -2.61. The molecule has 0 aromatic carbocycles. The summed E-state index contributed by atoms with van der Waals surface area (Å²) in [5, 5.41) is 17.3. The molecule has 0 radical (unpaired) electrons. The SMILES string of the molecule is C[C@@H]1C[C@]2(O)CC[C@@H](C2)[C@H]1C1=NN2CC(C)(C)COB2c2cnc3[nH]ccc3c21. The van der Waals surface area contributed by atoms with E-state index in [1.54, 1.807) is 0 Å². The average Bonchev–Trinajstić information content (AvgIpc) is 3.24. The van der Waals surface area contributed by atoms with E-state index in [4.69, 9.17) is 9.76 Å². The summed E-state index contributed by atoms with van der Waals surface area (Å²) in [5.41, 5.74) is 4.06. The minimum Gasteiger partial charge on any atom is -0.411 e. The second-order valence-electron chi connectivity index (χ2n) is 10.7. The number of aromatic amines is 1. The molecule has 2 aliphatic heterocycles. The molecule has 0 spiro atoms. The highest BCUT2D eigenvalue weighted by Crippen LogP contribution is 2.52. The first-order valence-corrected chi connectivity index (χ1v) is 11.0. The molecule has 4 aliphatic rings. The zero-order chi connectivity index (χ0) is 20.0. The second kappa shape index (κ2) is 5.85. The van der Waals surface area contributed by atoms with Crippen molar-refractivity contribution in [3.63, 3.8) is 0 Å². The highest BCUT2D eigenvalue weighted by molar-refractivity contribution is 6.67. The molecular weight excluding hydrogens is 363 g/mol. The Hall–Kier alpha value is -1.86. The number of pyridine rings is 1. The third-order valence-corrected chi connectivity index (χ3v) is 7.63. The average molecular weight is 392 g/mol. The van der Waals surface area contributed by atoms with Gasteiger partial charge in [0.25, 0.3) is 0 Å². The maximum atomic E-state index is 10.9. The molecule has 152 valence electrons. The van der Waals surface area contributed by atoms with Crippen LogP contribution in [0, 0.1) is 23.2 Å². The molecule has 2 bridgehead atoms. The zero-order valence-electron chi connectivity index (χ0n) is 17.5. The molecule has 0 unspecified atom stereocenters. The van der Waals surface area contributed by atoms with Gasteiger partial charge in [-0.15, -0.1) is 0 Å². The predicted octanol–water partition coefficient (Wildman–Crippen LogP) is 2.52. The number of hydrogen-bond donors (Lipinski definition) is 2. The van der Waals surface area contributed by atoms with Gasteiger partial charge in [-0.1, -0.05) is 20.8 Å². The minimum atomic E-state index is -0.459. The third kappa shape index (κ3) is 2.63. The van der Waals surface area contributed by atoms with Crippen molar-refractivity contribution in [2.45, 2.75) is 52.1 Å². The van der Waals surface area contributed by atoms with Crippen LogP contribution in [0.2, 0.25) is 0 Å². The van der Waals surface area contributed by atoms with Crippen LogP contribution in [0.15, 0.2) is 23.6 Å². The topological polar surface area (TPSA) is 73.7 Å². The van der Waals surface area contributed by atoms with Gasteiger partial charge in [0.1, 0.15) is 5.65 Å². The monoisotopic (exact) mass is 392 g/mol. The van der Waals surface area contributed by atoms with Crippen LogP contribution in [0.3, 0.4) is 0 Å². The molecular formula is C22H29BN4O2. The van der Waals surface area contributed by atoms with E-state index < -0.39 is 5.60 Å². The predicted molar refractivity (Wildman–Crippen MR) is 114 cm³/mol. The van der Waals surface area contributed by atoms with Crippen molar-refractivity contribution in [3.05, 3.63) is 24.0 Å². The van der Waals surface area contributed by atoms with Crippen LogP contribution in [0.5, 0.6) is 0 Å². The van der Waals surface area contributed by atoms with Gasteiger partial charge in [0.2, 0.25) is 0 Å². The normalized spacial score (nSPS) is 35.4. The van der Waals surface area contributed by atoms with E-state index in [1.165, 1.54) is 11.3 Å². The van der Waals surface area contributed by atoms with E-state index in [0.717, 1.165) is 55.3 Å². The summed E-state index contributed by atoms with van der Waals surface area (Å²) in [6.45, 7) is 8.37. The molecule has 2 saturated carbocycles. The Bertz CT molecular complexity index is 1020. The fourth-order valence-electron chi connectivity index (χ4n) is 6.54. The minimum absolute atomic E-state index is 0.0695. The molecule has 2 aliphatic carbocycles. The molecule has 3 fully saturated rings. The van der Waals surface area contributed by atoms with Gasteiger partial charge in [-0.3, -0.25) is 0 Å². The lowest BCUT2D eigenvalue weighted by atomic mass is 9.61. The molecule has 6 nitrogen and oxygen atoms in total. The number of aromatic nitrogens is 2. The van der Waals surface area contributed by atoms with Crippen molar-refractivity contribution in [1.82, 2.24) is 14.9 Å². The second-order valence-corrected chi connectivity index (χ2v) is 10.7. The van der Waals surface area contributed by atoms with Crippen LogP contribution in [0.1, 0.15) is 52.0 Å². The van der Waals surface area contributed by atoms with E-state index in [1.807, 2.05) is 12.4 Å². The molecule has 2 N–H and O–H groups in total. The van der Waals surface area contributed by atoms with Gasteiger partial charge in [-0.05, 0) is 43.6 Å². The Balaban J connectivity index is 1.53. The molecule has 2 aromatic rings. The van der Waals surface area contributed by atoms with E-state index in [0.29, 0.717) is 17.8 Å². The first kappa shape index (κ1) is 18.0. The van der Waals surface area contributed by atoms with E-state index in [2.05, 4.69) is 41.7 Å². The van der Waals surface area contributed by atoms with Gasteiger partial charge in [-0.25, -0.2) is 4.98 Å². The first-order chi connectivity index (χ1) is 13.8. The number of nitrogens with one attached hydrogen (secondary N) is 1. The molecule has 2 aromatic heterocycles. The fourth-order valence-corrected chi connectivity index (χ4v) is 6.54. The lowest BCUT2D eigenvalue weighted by Gasteiger charge is -2.46. The smallest absolute Gasteiger partial charge is 0.411 e. The Kier molecular flexibility index (Phi) is 3.62. The molecule has 7 heteroatoms. The largest absolute Gasteiger partial charge is 0.471 e. The van der Waals surface area contributed by atoms with Gasteiger partial charge in [-0.2, -0.15) is 5.10 Å². The van der Waals surface area contributed by atoms with Gasteiger partial charge in [0.05, 0.1) is 11.3 Å². The number of hydrazone groups is 1. The fraction of sp³-hybridized carbons (Fsp3) is 0.636. The molecule has 4 heterocycles. The highest BCUT2D eigenvalue weighted by Gasteiger charge is 2.52. The van der Waals surface area contributed by atoms with Crippen molar-refractivity contribution >= 4 is 29.3 Å². The number of fused-ring (bicyclic) bond motifs is 7. The summed E-state index contributed by atoms with van der Waals surface area (Å²) in [4.78, 5) is 10.1. The Morgan fingerprint density at radius 1 is 1.34 bits per heavy atom. The third-order valence-electron chi connectivity index (χ3n) is 7.63. The Labute approximate surface area is 171 Å². The molecule has 1 saturated heterocycles. The number of aliphatic hydroxyl groups is 1. The van der Waals surface area contributed by atoms with Crippen LogP contribution < -0.4 is 5.46 Å². The summed E-state index contributed by atoms with van der Waals surface area (Å²) >= 11 is 0. The van der Waals surface area contributed by atoms with Crippen molar-refractivity contribution in [2.24, 2.45) is 28.3 Å². The van der Waals surface area contributed by atoms with Crippen molar-refractivity contribution in [1.29, 1.82) is 0 Å². The van der Waals surface area contributed by atoms with Crippen LogP contribution in [-0.2, 0) is 4.65 Å². The van der Waals surface area contributed by atoms with Crippen LogP contribution in [0.4, 0.5) is 0 Å². The summed E-state index contributed by atoms with van der Waals surface area (Å²) in [5.74, 6) is 1.26. The van der Waals surface area contributed by atoms with Gasteiger partial charge in [0, 0.05) is 53.3 Å². The van der Waals surface area contributed by atoms with Crippen LogP contribution >= 0.6 is 0 Å². The molecule has 0 amide bonds. The highest BCUT2D eigenvalue weighted by atomic mass is 16.5. The van der Waals surface area contributed by atoms with Crippen molar-refractivity contribution < 1.29 is 9.76 Å². The standard InChI is InChI=1S/C22H29BN4O2/c1-13-8-22(28)6-4-14(9-22)17(13)19-18-15-5-7-24-20(15)25-10-16(18)23-27(26-19)11-21(2,3)12-29-23/h5,7,10,13-14,17,28H,4,6,8-9,11-12H2,1-3H3,(H,24,25)/t13-,14+,17+,22-/m1/s1. The van der Waals surface area contributed by atoms with E-state index in [9.17, 15) is 5.11 Å². The van der Waals surface area contributed by atoms with Gasteiger partial charge >= 0.3 is 7.05 Å². The Morgan fingerprint density at radius 3 is 3.07 bits per heavy atom. The summed E-state index contributed by atoms with van der Waals surface area (Å²) in [7, 11) is -0.159. The quantitative estimate of drug-likeness (QED) is 0.732. The zero-order valence-corrected chi connectivity index (χ0v) is 17.5. The van der Waals surface area contributed by atoms with Crippen molar-refractivity contribution in [3.8, 4) is 0 Å². The Morgan fingerprint density at radius 2 is 2.21 bits per heavy atom.